The van der Waals surface area contributed by atoms with E-state index in [0.717, 1.165) is 24.0 Å². The van der Waals surface area contributed by atoms with Crippen LogP contribution >= 0.6 is 11.6 Å². The van der Waals surface area contributed by atoms with Crippen LogP contribution in [0.4, 0.5) is 0 Å². The van der Waals surface area contributed by atoms with Gasteiger partial charge in [0, 0.05) is 23.5 Å². The fourth-order valence-corrected chi connectivity index (χ4v) is 3.78. The first-order valence-electron chi connectivity index (χ1n) is 7.75. The van der Waals surface area contributed by atoms with Crippen molar-refractivity contribution < 1.29 is 22.7 Å². The highest BCUT2D eigenvalue weighted by atomic mass is 35.5. The van der Waals surface area contributed by atoms with Gasteiger partial charge >= 0.3 is 5.97 Å². The quantitative estimate of drug-likeness (QED) is 0.593. The monoisotopic (exact) mass is 398 g/mol. The van der Waals surface area contributed by atoms with Crippen molar-refractivity contribution in [2.75, 3.05) is 6.61 Å². The number of nitrogens with two attached hydrogens (primary N) is 1. The molecular formula is C17H19ClN2O5S. The minimum absolute atomic E-state index is 0.0646. The largest absolute Gasteiger partial charge is 0.454 e. The van der Waals surface area contributed by atoms with Gasteiger partial charge in [-0.1, -0.05) is 11.6 Å². The zero-order chi connectivity index (χ0) is 19.6. The highest BCUT2D eigenvalue weighted by Gasteiger charge is 2.20. The smallest absolute Gasteiger partial charge is 0.338 e. The van der Waals surface area contributed by atoms with Crippen LogP contribution in [0.15, 0.2) is 29.2 Å². The predicted molar refractivity (Wildman–Crippen MR) is 97.0 cm³/mol. The van der Waals surface area contributed by atoms with Crippen LogP contribution in [0.1, 0.15) is 39.0 Å². The van der Waals surface area contributed by atoms with Gasteiger partial charge < -0.3 is 9.30 Å². The molecule has 0 aliphatic carbocycles. The first-order chi connectivity index (χ1) is 12.1. The maximum Gasteiger partial charge on any atom is 0.338 e. The molecule has 1 aromatic heterocycles. The number of halogens is 1. The first-order valence-corrected chi connectivity index (χ1v) is 9.68. The van der Waals surface area contributed by atoms with Gasteiger partial charge in [-0.3, -0.25) is 4.79 Å². The maximum atomic E-state index is 12.3. The third-order valence-corrected chi connectivity index (χ3v) is 5.39. The van der Waals surface area contributed by atoms with Crippen molar-refractivity contribution in [2.45, 2.75) is 32.2 Å². The molecule has 9 heteroatoms. The van der Waals surface area contributed by atoms with Crippen LogP contribution in [0.3, 0.4) is 0 Å². The van der Waals surface area contributed by atoms with E-state index >= 15 is 0 Å². The summed E-state index contributed by atoms with van der Waals surface area (Å²) < 4.78 is 29.9. The molecule has 0 spiro atoms. The van der Waals surface area contributed by atoms with Crippen molar-refractivity contribution >= 4 is 33.4 Å². The number of carbonyl (C=O) groups is 2. The number of esters is 1. The van der Waals surface area contributed by atoms with Gasteiger partial charge in [0.05, 0.1) is 10.6 Å². The summed E-state index contributed by atoms with van der Waals surface area (Å²) in [6.07, 6.45) is 0. The number of ether oxygens (including phenoxy) is 1. The molecule has 0 fully saturated rings. The van der Waals surface area contributed by atoms with Crippen LogP contribution in [0.5, 0.6) is 0 Å². The Kier molecular flexibility index (Phi) is 5.90. The van der Waals surface area contributed by atoms with Crippen LogP contribution in [-0.2, 0) is 21.3 Å². The summed E-state index contributed by atoms with van der Waals surface area (Å²) in [5, 5.41) is 4.95. The molecule has 0 radical (unpaired) electrons. The van der Waals surface area contributed by atoms with Crippen LogP contribution in [0, 0.1) is 13.8 Å². The second-order valence-electron chi connectivity index (χ2n) is 5.72. The van der Waals surface area contributed by atoms with Gasteiger partial charge in [0.15, 0.2) is 6.61 Å². The van der Waals surface area contributed by atoms with E-state index in [-0.39, 0.29) is 21.3 Å². The highest BCUT2D eigenvalue weighted by molar-refractivity contribution is 7.89. The number of aryl methyl sites for hydroxylation is 1. The number of benzene rings is 1. The van der Waals surface area contributed by atoms with Crippen molar-refractivity contribution in [3.05, 3.63) is 51.8 Å². The SMILES string of the molecule is CCn1c(C)cc(C(=O)COC(=O)c2ccc(Cl)c(S(N)(=O)=O)c2)c1C. The fraction of sp³-hybridized carbons (Fsp3) is 0.294. The van der Waals surface area contributed by atoms with E-state index < -0.39 is 22.6 Å². The Balaban J connectivity index is 2.16. The van der Waals surface area contributed by atoms with E-state index in [1.807, 2.05) is 25.3 Å². The molecule has 0 saturated carbocycles. The Morgan fingerprint density at radius 1 is 1.23 bits per heavy atom. The van der Waals surface area contributed by atoms with Gasteiger partial charge in [0.2, 0.25) is 15.8 Å². The molecule has 7 nitrogen and oxygen atoms in total. The van der Waals surface area contributed by atoms with Crippen LogP contribution in [-0.4, -0.2) is 31.3 Å². The number of Topliss-reactive ketones (excluding diaryl/α,β-unsaturated/α-hetero) is 1. The summed E-state index contributed by atoms with van der Waals surface area (Å²) >= 11 is 5.77. The molecule has 0 saturated heterocycles. The molecule has 140 valence electrons. The van der Waals surface area contributed by atoms with Gasteiger partial charge in [0.1, 0.15) is 4.90 Å². The van der Waals surface area contributed by atoms with E-state index in [9.17, 15) is 18.0 Å². The van der Waals surface area contributed by atoms with E-state index in [2.05, 4.69) is 0 Å². The Bertz CT molecular complexity index is 979. The van der Waals surface area contributed by atoms with Crippen molar-refractivity contribution in [3.63, 3.8) is 0 Å². The number of primary sulfonamides is 1. The Morgan fingerprint density at radius 3 is 2.42 bits per heavy atom. The van der Waals surface area contributed by atoms with Crippen LogP contribution < -0.4 is 5.14 Å². The molecule has 1 aromatic carbocycles. The minimum atomic E-state index is -4.08. The number of aromatic nitrogens is 1. The van der Waals surface area contributed by atoms with Crippen molar-refractivity contribution in [3.8, 4) is 0 Å². The third kappa shape index (κ3) is 4.14. The summed E-state index contributed by atoms with van der Waals surface area (Å²) in [7, 11) is -4.08. The normalized spacial score (nSPS) is 11.4. The average Bonchev–Trinajstić information content (AvgIpc) is 2.85. The number of rotatable bonds is 6. The Morgan fingerprint density at radius 2 is 1.88 bits per heavy atom. The molecule has 2 N–H and O–H groups in total. The van der Waals surface area contributed by atoms with Crippen molar-refractivity contribution in [2.24, 2.45) is 5.14 Å². The third-order valence-electron chi connectivity index (χ3n) is 4.00. The average molecular weight is 399 g/mol. The minimum Gasteiger partial charge on any atom is -0.454 e. The molecule has 0 atom stereocenters. The fourth-order valence-electron chi connectivity index (χ4n) is 2.71. The number of carbonyl (C=O) groups excluding carboxylic acids is 2. The Labute approximate surface area is 156 Å². The molecule has 26 heavy (non-hydrogen) atoms. The van der Waals surface area contributed by atoms with E-state index in [1.165, 1.54) is 12.1 Å². The molecule has 2 rings (SSSR count). The van der Waals surface area contributed by atoms with Gasteiger partial charge in [-0.2, -0.15) is 0 Å². The zero-order valence-corrected chi connectivity index (χ0v) is 16.1. The zero-order valence-electron chi connectivity index (χ0n) is 14.6. The number of nitrogens with zero attached hydrogens (tertiary/aromatic N) is 1. The topological polar surface area (TPSA) is 108 Å². The maximum absolute atomic E-state index is 12.3. The van der Waals surface area contributed by atoms with Crippen LogP contribution in [0.25, 0.3) is 0 Å². The number of sulfonamides is 1. The molecule has 1 heterocycles. The van der Waals surface area contributed by atoms with Gasteiger partial charge in [-0.15, -0.1) is 0 Å². The lowest BCUT2D eigenvalue weighted by atomic mass is 10.1. The second kappa shape index (κ2) is 7.61. The molecule has 0 aliphatic heterocycles. The summed E-state index contributed by atoms with van der Waals surface area (Å²) in [5.74, 6) is -1.18. The number of hydrogen-bond donors (Lipinski definition) is 1. The summed E-state index contributed by atoms with van der Waals surface area (Å²) in [4.78, 5) is 24.1. The van der Waals surface area contributed by atoms with Crippen molar-refractivity contribution in [1.29, 1.82) is 0 Å². The molecule has 0 amide bonds. The lowest BCUT2D eigenvalue weighted by Crippen LogP contribution is -2.17. The lowest BCUT2D eigenvalue weighted by molar-refractivity contribution is 0.0474. The summed E-state index contributed by atoms with van der Waals surface area (Å²) in [5.41, 5.74) is 2.16. The summed E-state index contributed by atoms with van der Waals surface area (Å²) in [6.45, 7) is 5.95. The second-order valence-corrected chi connectivity index (χ2v) is 7.66. The van der Waals surface area contributed by atoms with E-state index in [4.69, 9.17) is 21.5 Å². The molecular weight excluding hydrogens is 380 g/mol. The molecule has 0 unspecified atom stereocenters. The molecule has 0 bridgehead atoms. The van der Waals surface area contributed by atoms with Gasteiger partial charge in [0.25, 0.3) is 0 Å². The van der Waals surface area contributed by atoms with Crippen LogP contribution in [0.2, 0.25) is 5.02 Å². The summed E-state index contributed by atoms with van der Waals surface area (Å²) in [6, 6.07) is 5.30. The standard InChI is InChI=1S/C17H19ClN2O5S/c1-4-20-10(2)7-13(11(20)3)15(21)9-25-17(22)12-5-6-14(18)16(8-12)26(19,23)24/h5-8H,4,9H2,1-3H3,(H2,19,23,24). The van der Waals surface area contributed by atoms with Gasteiger partial charge in [-0.05, 0) is 45.0 Å². The lowest BCUT2D eigenvalue weighted by Gasteiger charge is -2.08. The van der Waals surface area contributed by atoms with E-state index in [0.29, 0.717) is 5.56 Å². The number of hydrogen-bond acceptors (Lipinski definition) is 5. The molecule has 0 aliphatic rings. The van der Waals surface area contributed by atoms with Gasteiger partial charge in [-0.25, -0.2) is 18.4 Å². The first kappa shape index (κ1) is 20.2. The number of ketones is 1. The Hall–Kier alpha value is -2.16. The highest BCUT2D eigenvalue weighted by Crippen LogP contribution is 2.22. The molecule has 2 aromatic rings. The van der Waals surface area contributed by atoms with Crippen molar-refractivity contribution in [1.82, 2.24) is 4.57 Å². The van der Waals surface area contributed by atoms with E-state index in [1.54, 1.807) is 6.07 Å². The predicted octanol–water partition coefficient (Wildman–Crippen LogP) is 2.47.